The maximum Gasteiger partial charge on any atom is 0.263 e. The summed E-state index contributed by atoms with van der Waals surface area (Å²) in [5.74, 6) is 0.904. The number of carbonyl (C=O) groups is 1. The summed E-state index contributed by atoms with van der Waals surface area (Å²) in [6, 6.07) is 9.03. The molecule has 0 saturated carbocycles. The van der Waals surface area contributed by atoms with Crippen molar-refractivity contribution < 1.29 is 9.53 Å². The average molecular weight is 308 g/mol. The third kappa shape index (κ3) is 3.98. The molecule has 0 fully saturated rings. The average Bonchev–Trinajstić information content (AvgIpc) is 2.93. The molecule has 2 aromatic rings. The third-order valence-corrected chi connectivity index (χ3v) is 3.45. The molecule has 112 valence electrons. The summed E-state index contributed by atoms with van der Waals surface area (Å²) in [7, 11) is 0. The number of benzene rings is 1. The van der Waals surface area contributed by atoms with Crippen LogP contribution in [-0.4, -0.2) is 22.3 Å². The van der Waals surface area contributed by atoms with Gasteiger partial charge in [0.2, 0.25) is 0 Å². The first-order chi connectivity index (χ1) is 10.1. The molecule has 0 radical (unpaired) electrons. The Hall–Kier alpha value is -2.01. The van der Waals surface area contributed by atoms with Crippen molar-refractivity contribution in [1.82, 2.24) is 9.78 Å². The molecule has 5 nitrogen and oxygen atoms in total. The number of anilines is 1. The zero-order chi connectivity index (χ0) is 15.2. The van der Waals surface area contributed by atoms with Crippen molar-refractivity contribution >= 4 is 23.3 Å². The predicted molar refractivity (Wildman–Crippen MR) is 82.8 cm³/mol. The van der Waals surface area contributed by atoms with Crippen LogP contribution in [0, 0.1) is 0 Å². The zero-order valence-electron chi connectivity index (χ0n) is 12.0. The SMILES string of the molecule is CCC(C)n1nccc1NC(=O)COc1ccccc1Cl. The van der Waals surface area contributed by atoms with Crippen LogP contribution in [0.25, 0.3) is 0 Å². The molecule has 1 amide bonds. The molecule has 1 N–H and O–H groups in total. The van der Waals surface area contributed by atoms with E-state index in [4.69, 9.17) is 16.3 Å². The van der Waals surface area contributed by atoms with Crippen LogP contribution in [0.15, 0.2) is 36.5 Å². The molecule has 0 aliphatic carbocycles. The third-order valence-electron chi connectivity index (χ3n) is 3.14. The largest absolute Gasteiger partial charge is 0.482 e. The van der Waals surface area contributed by atoms with Crippen LogP contribution in [-0.2, 0) is 4.79 Å². The molecule has 0 bridgehead atoms. The standard InChI is InChI=1S/C15H18ClN3O2/c1-3-11(2)19-14(8-9-17-19)18-15(20)10-21-13-7-5-4-6-12(13)16/h4-9,11H,3,10H2,1-2H3,(H,18,20). The topological polar surface area (TPSA) is 56.2 Å². The van der Waals surface area contributed by atoms with Crippen molar-refractivity contribution in [3.8, 4) is 5.75 Å². The summed E-state index contributed by atoms with van der Waals surface area (Å²) in [5.41, 5.74) is 0. The molecule has 0 spiro atoms. The van der Waals surface area contributed by atoms with Gasteiger partial charge < -0.3 is 10.1 Å². The van der Waals surface area contributed by atoms with Gasteiger partial charge in [-0.15, -0.1) is 0 Å². The number of nitrogens with zero attached hydrogens (tertiary/aromatic N) is 2. The van der Waals surface area contributed by atoms with Crippen molar-refractivity contribution in [3.63, 3.8) is 0 Å². The van der Waals surface area contributed by atoms with Gasteiger partial charge in [-0.25, -0.2) is 4.68 Å². The minimum atomic E-state index is -0.250. The molecule has 0 aliphatic heterocycles. The van der Waals surface area contributed by atoms with Crippen LogP contribution in [0.2, 0.25) is 5.02 Å². The molecule has 21 heavy (non-hydrogen) atoms. The van der Waals surface area contributed by atoms with Crippen molar-refractivity contribution in [2.24, 2.45) is 0 Å². The van der Waals surface area contributed by atoms with Crippen LogP contribution >= 0.6 is 11.6 Å². The number of ether oxygens (including phenoxy) is 1. The van der Waals surface area contributed by atoms with Gasteiger partial charge in [0.05, 0.1) is 17.3 Å². The Morgan fingerprint density at radius 3 is 2.90 bits per heavy atom. The lowest BCUT2D eigenvalue weighted by molar-refractivity contribution is -0.118. The zero-order valence-corrected chi connectivity index (χ0v) is 12.8. The maximum absolute atomic E-state index is 11.9. The highest BCUT2D eigenvalue weighted by molar-refractivity contribution is 6.32. The highest BCUT2D eigenvalue weighted by Gasteiger charge is 2.12. The second-order valence-corrected chi connectivity index (χ2v) is 5.09. The van der Waals surface area contributed by atoms with Gasteiger partial charge in [0.1, 0.15) is 11.6 Å². The quantitative estimate of drug-likeness (QED) is 0.888. The first-order valence-electron chi connectivity index (χ1n) is 6.82. The normalized spacial score (nSPS) is 12.0. The van der Waals surface area contributed by atoms with Gasteiger partial charge in [0.25, 0.3) is 5.91 Å². The Kier molecular flexibility index (Phi) is 5.22. The predicted octanol–water partition coefficient (Wildman–Crippen LogP) is 3.53. The van der Waals surface area contributed by atoms with E-state index in [9.17, 15) is 4.79 Å². The first kappa shape index (κ1) is 15.4. The molecule has 2 rings (SSSR count). The van der Waals surface area contributed by atoms with Gasteiger partial charge in [-0.3, -0.25) is 4.79 Å². The van der Waals surface area contributed by atoms with E-state index in [1.54, 1.807) is 41.2 Å². The molecule has 1 heterocycles. The summed E-state index contributed by atoms with van der Waals surface area (Å²) >= 11 is 5.97. The van der Waals surface area contributed by atoms with Crippen molar-refractivity contribution in [2.75, 3.05) is 11.9 Å². The number of aromatic nitrogens is 2. The summed E-state index contributed by atoms with van der Waals surface area (Å²) in [4.78, 5) is 11.9. The van der Waals surface area contributed by atoms with E-state index in [-0.39, 0.29) is 18.6 Å². The first-order valence-corrected chi connectivity index (χ1v) is 7.20. The van der Waals surface area contributed by atoms with E-state index in [2.05, 4.69) is 17.3 Å². The maximum atomic E-state index is 11.9. The van der Waals surface area contributed by atoms with Gasteiger partial charge in [0, 0.05) is 6.07 Å². The van der Waals surface area contributed by atoms with Crippen LogP contribution in [0.5, 0.6) is 5.75 Å². The second kappa shape index (κ2) is 7.13. The smallest absolute Gasteiger partial charge is 0.263 e. The number of amides is 1. The van der Waals surface area contributed by atoms with Crippen molar-refractivity contribution in [2.45, 2.75) is 26.3 Å². The van der Waals surface area contributed by atoms with Gasteiger partial charge in [0.15, 0.2) is 6.61 Å². The van der Waals surface area contributed by atoms with E-state index in [1.807, 2.05) is 6.92 Å². The molecule has 1 atom stereocenters. The number of carbonyl (C=O) groups excluding carboxylic acids is 1. The number of para-hydroxylation sites is 1. The van der Waals surface area contributed by atoms with Crippen LogP contribution < -0.4 is 10.1 Å². The van der Waals surface area contributed by atoms with Gasteiger partial charge in [-0.1, -0.05) is 30.7 Å². The number of nitrogens with one attached hydrogen (secondary N) is 1. The minimum Gasteiger partial charge on any atom is -0.482 e. The fourth-order valence-electron chi connectivity index (χ4n) is 1.82. The second-order valence-electron chi connectivity index (χ2n) is 4.69. The van der Waals surface area contributed by atoms with Gasteiger partial charge in [-0.2, -0.15) is 5.10 Å². The Morgan fingerprint density at radius 1 is 1.43 bits per heavy atom. The van der Waals surface area contributed by atoms with E-state index in [1.165, 1.54) is 0 Å². The van der Waals surface area contributed by atoms with E-state index < -0.39 is 0 Å². The molecule has 6 heteroatoms. The molecule has 1 aromatic heterocycles. The van der Waals surface area contributed by atoms with E-state index >= 15 is 0 Å². The Balaban J connectivity index is 1.94. The number of hydrogen-bond donors (Lipinski definition) is 1. The van der Waals surface area contributed by atoms with Crippen LogP contribution in [0.4, 0.5) is 5.82 Å². The van der Waals surface area contributed by atoms with E-state index in [0.29, 0.717) is 16.6 Å². The van der Waals surface area contributed by atoms with Crippen LogP contribution in [0.1, 0.15) is 26.3 Å². The fraction of sp³-hybridized carbons (Fsp3) is 0.333. The Morgan fingerprint density at radius 2 is 2.19 bits per heavy atom. The molecule has 0 saturated heterocycles. The lowest BCUT2D eigenvalue weighted by Gasteiger charge is -2.14. The highest BCUT2D eigenvalue weighted by atomic mass is 35.5. The lowest BCUT2D eigenvalue weighted by Crippen LogP contribution is -2.23. The minimum absolute atomic E-state index is 0.102. The van der Waals surface area contributed by atoms with Gasteiger partial charge >= 0.3 is 0 Å². The number of rotatable bonds is 6. The number of halogens is 1. The van der Waals surface area contributed by atoms with Gasteiger partial charge in [-0.05, 0) is 25.5 Å². The highest BCUT2D eigenvalue weighted by Crippen LogP contribution is 2.23. The monoisotopic (exact) mass is 307 g/mol. The fourth-order valence-corrected chi connectivity index (χ4v) is 2.01. The molecular formula is C15H18ClN3O2. The summed E-state index contributed by atoms with van der Waals surface area (Å²) in [6.45, 7) is 4.01. The summed E-state index contributed by atoms with van der Waals surface area (Å²) < 4.78 is 7.19. The molecular weight excluding hydrogens is 290 g/mol. The van der Waals surface area contributed by atoms with Crippen LogP contribution in [0.3, 0.4) is 0 Å². The molecule has 0 aliphatic rings. The summed E-state index contributed by atoms with van der Waals surface area (Å²) in [6.07, 6.45) is 2.59. The Labute approximate surface area is 128 Å². The lowest BCUT2D eigenvalue weighted by atomic mass is 10.3. The molecule has 1 aromatic carbocycles. The number of hydrogen-bond acceptors (Lipinski definition) is 3. The van der Waals surface area contributed by atoms with E-state index in [0.717, 1.165) is 6.42 Å². The summed E-state index contributed by atoms with van der Waals surface area (Å²) in [5, 5.41) is 7.48. The van der Waals surface area contributed by atoms with Crippen molar-refractivity contribution in [3.05, 3.63) is 41.6 Å². The van der Waals surface area contributed by atoms with Crippen molar-refractivity contribution in [1.29, 1.82) is 0 Å². The molecule has 1 unspecified atom stereocenters. The Bertz CT molecular complexity index is 612.